The van der Waals surface area contributed by atoms with Crippen molar-refractivity contribution < 1.29 is 4.42 Å². The van der Waals surface area contributed by atoms with Gasteiger partial charge in [0.25, 0.3) is 6.01 Å². The second-order valence-corrected chi connectivity index (χ2v) is 6.15. The highest BCUT2D eigenvalue weighted by molar-refractivity contribution is 6.31. The molecule has 2 aromatic rings. The Hall–Kier alpha value is -1.26. The van der Waals surface area contributed by atoms with Gasteiger partial charge in [0.05, 0.1) is 0 Å². The number of rotatable bonds is 2. The molecule has 106 valence electrons. The van der Waals surface area contributed by atoms with E-state index in [2.05, 4.69) is 14.8 Å². The highest BCUT2D eigenvalue weighted by Gasteiger charge is 2.29. The molecule has 0 unspecified atom stereocenters. The molecule has 2 aliphatic rings. The van der Waals surface area contributed by atoms with Crippen molar-refractivity contribution in [3.8, 4) is 0 Å². The van der Waals surface area contributed by atoms with Crippen LogP contribution in [0.25, 0.3) is 11.1 Å². The molecule has 1 saturated heterocycles. The third kappa shape index (κ3) is 2.17. The minimum absolute atomic E-state index is 0.690. The molecule has 0 spiro atoms. The zero-order valence-corrected chi connectivity index (χ0v) is 12.1. The van der Waals surface area contributed by atoms with Gasteiger partial charge in [0.2, 0.25) is 0 Å². The Kier molecular flexibility index (Phi) is 3.08. The summed E-state index contributed by atoms with van der Waals surface area (Å²) in [5.74, 6) is 0. The minimum Gasteiger partial charge on any atom is -0.423 e. The van der Waals surface area contributed by atoms with Crippen molar-refractivity contribution in [2.24, 2.45) is 0 Å². The number of hydrogen-bond acceptors (Lipinski definition) is 4. The van der Waals surface area contributed by atoms with Crippen LogP contribution in [0, 0.1) is 0 Å². The van der Waals surface area contributed by atoms with Crippen LogP contribution >= 0.6 is 11.6 Å². The van der Waals surface area contributed by atoms with E-state index in [-0.39, 0.29) is 0 Å². The van der Waals surface area contributed by atoms with E-state index in [9.17, 15) is 0 Å². The minimum atomic E-state index is 0.690. The SMILES string of the molecule is Clc1ccc2nc(N3CCN(C4CCC4)CC3)oc2c1. The molecule has 0 radical (unpaired) electrons. The number of benzene rings is 1. The molecule has 0 atom stereocenters. The summed E-state index contributed by atoms with van der Waals surface area (Å²) in [6.07, 6.45) is 4.15. The zero-order valence-electron chi connectivity index (χ0n) is 11.4. The van der Waals surface area contributed by atoms with E-state index in [1.807, 2.05) is 18.2 Å². The van der Waals surface area contributed by atoms with Gasteiger partial charge in [-0.15, -0.1) is 0 Å². The van der Waals surface area contributed by atoms with E-state index in [0.717, 1.165) is 49.3 Å². The first-order chi connectivity index (χ1) is 9.79. The largest absolute Gasteiger partial charge is 0.423 e. The molecule has 20 heavy (non-hydrogen) atoms. The Morgan fingerprint density at radius 3 is 2.65 bits per heavy atom. The highest BCUT2D eigenvalue weighted by atomic mass is 35.5. The van der Waals surface area contributed by atoms with Gasteiger partial charge in [-0.25, -0.2) is 0 Å². The predicted molar refractivity (Wildman–Crippen MR) is 80.4 cm³/mol. The fourth-order valence-electron chi connectivity index (χ4n) is 3.05. The Bertz CT molecular complexity index is 615. The van der Waals surface area contributed by atoms with E-state index in [0.29, 0.717) is 5.02 Å². The maximum absolute atomic E-state index is 5.98. The van der Waals surface area contributed by atoms with Crippen LogP contribution in [0.1, 0.15) is 19.3 Å². The number of halogens is 1. The van der Waals surface area contributed by atoms with Crippen LogP contribution in [0.2, 0.25) is 5.02 Å². The van der Waals surface area contributed by atoms with E-state index in [1.165, 1.54) is 19.3 Å². The molecule has 0 amide bonds. The fraction of sp³-hybridized carbons (Fsp3) is 0.533. The Morgan fingerprint density at radius 2 is 1.95 bits per heavy atom. The lowest BCUT2D eigenvalue weighted by molar-refractivity contribution is 0.119. The molecule has 1 saturated carbocycles. The Balaban J connectivity index is 1.49. The monoisotopic (exact) mass is 291 g/mol. The summed E-state index contributed by atoms with van der Waals surface area (Å²) >= 11 is 5.98. The van der Waals surface area contributed by atoms with Crippen LogP contribution in [0.3, 0.4) is 0 Å². The summed E-state index contributed by atoms with van der Waals surface area (Å²) < 4.78 is 5.84. The molecule has 5 heteroatoms. The molecule has 2 heterocycles. The first kappa shape index (κ1) is 12.5. The standard InChI is InChI=1S/C15H18ClN3O/c16-11-4-5-13-14(10-11)20-15(17-13)19-8-6-18(7-9-19)12-2-1-3-12/h4-5,10,12H,1-3,6-9H2. The lowest BCUT2D eigenvalue weighted by Gasteiger charge is -2.42. The van der Waals surface area contributed by atoms with Gasteiger partial charge in [0, 0.05) is 43.3 Å². The topological polar surface area (TPSA) is 32.5 Å². The lowest BCUT2D eigenvalue weighted by atomic mass is 9.91. The average molecular weight is 292 g/mol. The highest BCUT2D eigenvalue weighted by Crippen LogP contribution is 2.28. The molecule has 4 nitrogen and oxygen atoms in total. The summed E-state index contributed by atoms with van der Waals surface area (Å²) in [5, 5.41) is 0.690. The van der Waals surface area contributed by atoms with E-state index in [4.69, 9.17) is 16.0 Å². The van der Waals surface area contributed by atoms with Gasteiger partial charge in [0.1, 0.15) is 5.52 Å². The Labute approximate surface area is 123 Å². The molecule has 1 aromatic heterocycles. The number of oxazole rings is 1. The summed E-state index contributed by atoms with van der Waals surface area (Å²) in [6.45, 7) is 4.22. The Morgan fingerprint density at radius 1 is 1.15 bits per heavy atom. The summed E-state index contributed by atoms with van der Waals surface area (Å²) in [7, 11) is 0. The lowest BCUT2D eigenvalue weighted by Crippen LogP contribution is -2.52. The molecule has 1 aliphatic heterocycles. The van der Waals surface area contributed by atoms with Crippen LogP contribution in [-0.4, -0.2) is 42.1 Å². The summed E-state index contributed by atoms with van der Waals surface area (Å²) in [5.41, 5.74) is 1.65. The van der Waals surface area contributed by atoms with Gasteiger partial charge < -0.3 is 9.32 Å². The van der Waals surface area contributed by atoms with Gasteiger partial charge in [0.15, 0.2) is 5.58 Å². The van der Waals surface area contributed by atoms with Crippen molar-refractivity contribution in [3.05, 3.63) is 23.2 Å². The van der Waals surface area contributed by atoms with Gasteiger partial charge in [-0.3, -0.25) is 4.90 Å². The van der Waals surface area contributed by atoms with Crippen LogP contribution in [0.4, 0.5) is 6.01 Å². The molecule has 2 fully saturated rings. The molecular formula is C15H18ClN3O. The normalized spacial score (nSPS) is 21.4. The first-order valence-corrected chi connectivity index (χ1v) is 7.72. The van der Waals surface area contributed by atoms with Crippen LogP contribution in [0.5, 0.6) is 0 Å². The maximum Gasteiger partial charge on any atom is 0.298 e. The van der Waals surface area contributed by atoms with E-state index >= 15 is 0 Å². The van der Waals surface area contributed by atoms with Crippen LogP contribution in [0.15, 0.2) is 22.6 Å². The number of anilines is 1. The van der Waals surface area contributed by atoms with E-state index in [1.54, 1.807) is 0 Å². The maximum atomic E-state index is 5.98. The van der Waals surface area contributed by atoms with Crippen molar-refractivity contribution in [2.45, 2.75) is 25.3 Å². The van der Waals surface area contributed by atoms with Crippen molar-refractivity contribution in [3.63, 3.8) is 0 Å². The predicted octanol–water partition coefficient (Wildman–Crippen LogP) is 3.16. The van der Waals surface area contributed by atoms with Gasteiger partial charge >= 0.3 is 0 Å². The number of aromatic nitrogens is 1. The first-order valence-electron chi connectivity index (χ1n) is 7.35. The molecule has 4 rings (SSSR count). The average Bonchev–Trinajstić information content (AvgIpc) is 2.80. The molecular weight excluding hydrogens is 274 g/mol. The quantitative estimate of drug-likeness (QED) is 0.851. The van der Waals surface area contributed by atoms with Gasteiger partial charge in [-0.1, -0.05) is 18.0 Å². The van der Waals surface area contributed by atoms with Crippen LogP contribution in [-0.2, 0) is 0 Å². The van der Waals surface area contributed by atoms with Crippen molar-refractivity contribution in [2.75, 3.05) is 31.1 Å². The smallest absolute Gasteiger partial charge is 0.298 e. The molecule has 0 bridgehead atoms. The number of hydrogen-bond donors (Lipinski definition) is 0. The third-order valence-electron chi connectivity index (χ3n) is 4.52. The van der Waals surface area contributed by atoms with Crippen molar-refractivity contribution >= 4 is 28.7 Å². The van der Waals surface area contributed by atoms with E-state index < -0.39 is 0 Å². The summed E-state index contributed by atoms with van der Waals surface area (Å²) in [6, 6.07) is 7.16. The number of piperazine rings is 1. The second kappa shape index (κ2) is 4.93. The van der Waals surface area contributed by atoms with Gasteiger partial charge in [-0.2, -0.15) is 4.98 Å². The van der Waals surface area contributed by atoms with Crippen molar-refractivity contribution in [1.82, 2.24) is 9.88 Å². The van der Waals surface area contributed by atoms with Crippen molar-refractivity contribution in [1.29, 1.82) is 0 Å². The molecule has 1 aliphatic carbocycles. The number of nitrogens with zero attached hydrogens (tertiary/aromatic N) is 3. The number of fused-ring (bicyclic) bond motifs is 1. The molecule has 1 aromatic carbocycles. The molecule has 0 N–H and O–H groups in total. The third-order valence-corrected chi connectivity index (χ3v) is 4.75. The summed E-state index contributed by atoms with van der Waals surface area (Å²) in [4.78, 5) is 9.41. The zero-order chi connectivity index (χ0) is 13.5. The van der Waals surface area contributed by atoms with Crippen LogP contribution < -0.4 is 4.90 Å². The fourth-order valence-corrected chi connectivity index (χ4v) is 3.21. The van der Waals surface area contributed by atoms with Gasteiger partial charge in [-0.05, 0) is 25.0 Å². The second-order valence-electron chi connectivity index (χ2n) is 5.72.